The van der Waals surface area contributed by atoms with Gasteiger partial charge in [0.2, 0.25) is 0 Å². The lowest BCUT2D eigenvalue weighted by Gasteiger charge is -2.04. The van der Waals surface area contributed by atoms with Crippen molar-refractivity contribution < 1.29 is 15.0 Å². The number of allylic oxidation sites excluding steroid dienone is 1. The zero-order valence-corrected chi connectivity index (χ0v) is 14.0. The van der Waals surface area contributed by atoms with E-state index in [9.17, 15) is 30.6 Å². The van der Waals surface area contributed by atoms with Gasteiger partial charge < -0.3 is 5.11 Å². The van der Waals surface area contributed by atoms with E-state index in [2.05, 4.69) is 0 Å². The smallest absolute Gasteiger partial charge is 0.271 e. The Morgan fingerprint density at radius 2 is 1.71 bits per heavy atom. The van der Waals surface area contributed by atoms with Gasteiger partial charge in [0.1, 0.15) is 5.75 Å². The zero-order valence-electron chi connectivity index (χ0n) is 11.8. The van der Waals surface area contributed by atoms with E-state index >= 15 is 0 Å². The van der Waals surface area contributed by atoms with Crippen molar-refractivity contribution in [3.05, 3.63) is 71.3 Å². The molecule has 0 bridgehead atoms. The molecule has 0 radical (unpaired) electrons. The Balaban J connectivity index is 2.53. The molecule has 0 spiro atoms. The van der Waals surface area contributed by atoms with E-state index in [0.29, 0.717) is 5.56 Å². The molecule has 2 aromatic carbocycles. The summed E-state index contributed by atoms with van der Waals surface area (Å²) in [6.07, 6.45) is 1.30. The minimum atomic E-state index is -0.600. The van der Waals surface area contributed by atoms with Gasteiger partial charge in [-0.05, 0) is 46.4 Å². The van der Waals surface area contributed by atoms with Crippen molar-refractivity contribution in [1.82, 2.24) is 0 Å². The Morgan fingerprint density at radius 3 is 2.21 bits per heavy atom. The highest BCUT2D eigenvalue weighted by atomic mass is 127. The van der Waals surface area contributed by atoms with Crippen molar-refractivity contribution in [2.24, 2.45) is 0 Å². The molecule has 0 aliphatic heterocycles. The average Bonchev–Trinajstić information content (AvgIpc) is 2.56. The molecule has 0 saturated heterocycles. The van der Waals surface area contributed by atoms with Crippen molar-refractivity contribution in [2.75, 3.05) is 0 Å². The van der Waals surface area contributed by atoms with Gasteiger partial charge in [-0.1, -0.05) is 0 Å². The number of non-ortho nitro benzene ring substituents is 2. The van der Waals surface area contributed by atoms with Gasteiger partial charge in [0.05, 0.1) is 25.1 Å². The average molecular weight is 437 g/mol. The fourth-order valence-electron chi connectivity index (χ4n) is 1.92. The summed E-state index contributed by atoms with van der Waals surface area (Å²) in [5, 5.41) is 40.9. The number of phenolic OH excluding ortho intramolecular Hbond substituents is 1. The number of hydrogen-bond donors (Lipinski definition) is 1. The first-order valence-electron chi connectivity index (χ1n) is 6.37. The zero-order chi connectivity index (χ0) is 17.9. The lowest BCUT2D eigenvalue weighted by atomic mass is 10.0. The van der Waals surface area contributed by atoms with Crippen LogP contribution >= 0.6 is 22.6 Å². The molecule has 0 saturated carbocycles. The third-order valence-corrected chi connectivity index (χ3v) is 3.92. The highest BCUT2D eigenvalue weighted by Gasteiger charge is 2.15. The van der Waals surface area contributed by atoms with E-state index < -0.39 is 9.85 Å². The van der Waals surface area contributed by atoms with Crippen LogP contribution in [-0.2, 0) is 0 Å². The largest absolute Gasteiger partial charge is 0.506 e. The topological polar surface area (TPSA) is 130 Å². The predicted molar refractivity (Wildman–Crippen MR) is 94.1 cm³/mol. The van der Waals surface area contributed by atoms with Gasteiger partial charge in [-0.3, -0.25) is 20.2 Å². The first-order chi connectivity index (χ1) is 11.3. The number of hydrogen-bond acceptors (Lipinski definition) is 6. The molecule has 120 valence electrons. The van der Waals surface area contributed by atoms with Gasteiger partial charge in [-0.25, -0.2) is 0 Å². The fourth-order valence-corrected chi connectivity index (χ4v) is 2.55. The van der Waals surface area contributed by atoms with Crippen LogP contribution < -0.4 is 0 Å². The molecule has 9 heteroatoms. The van der Waals surface area contributed by atoms with Crippen LogP contribution in [0, 0.1) is 35.1 Å². The standard InChI is InChI=1S/C15H8IN3O5/c16-14-7-13(19(23)24)6-10(15(14)20)5-11(8-17)9-1-3-12(4-2-9)18(21)22/h1-7,20H/b11-5-. The van der Waals surface area contributed by atoms with Crippen LogP contribution in [0.1, 0.15) is 11.1 Å². The minimum Gasteiger partial charge on any atom is -0.506 e. The summed E-state index contributed by atoms with van der Waals surface area (Å²) in [7, 11) is 0. The monoisotopic (exact) mass is 437 g/mol. The number of nitrogens with zero attached hydrogens (tertiary/aromatic N) is 3. The second-order valence-corrected chi connectivity index (χ2v) is 5.76. The lowest BCUT2D eigenvalue weighted by Crippen LogP contribution is -1.92. The highest BCUT2D eigenvalue weighted by Crippen LogP contribution is 2.32. The molecule has 0 heterocycles. The molecule has 0 amide bonds. The summed E-state index contributed by atoms with van der Waals surface area (Å²) in [6.45, 7) is 0. The Labute approximate surface area is 149 Å². The maximum Gasteiger partial charge on any atom is 0.271 e. The predicted octanol–water partition coefficient (Wildman–Crippen LogP) is 3.88. The van der Waals surface area contributed by atoms with Crippen LogP contribution in [0.3, 0.4) is 0 Å². The van der Waals surface area contributed by atoms with Gasteiger partial charge in [0.15, 0.2) is 0 Å². The van der Waals surface area contributed by atoms with Crippen molar-refractivity contribution in [1.29, 1.82) is 5.26 Å². The Kier molecular flexibility index (Phi) is 5.10. The normalized spacial score (nSPS) is 10.9. The number of phenols is 1. The molecule has 0 atom stereocenters. The van der Waals surface area contributed by atoms with E-state index in [1.165, 1.54) is 36.4 Å². The summed E-state index contributed by atoms with van der Waals surface area (Å²) < 4.78 is 0.272. The molecular weight excluding hydrogens is 429 g/mol. The SMILES string of the molecule is N#C/C(=C/c1cc([N+](=O)[O-])cc(I)c1O)c1ccc([N+](=O)[O-])cc1. The van der Waals surface area contributed by atoms with Crippen molar-refractivity contribution in [3.8, 4) is 11.8 Å². The van der Waals surface area contributed by atoms with Gasteiger partial charge >= 0.3 is 0 Å². The molecule has 0 unspecified atom stereocenters. The molecule has 1 N–H and O–H groups in total. The quantitative estimate of drug-likeness (QED) is 0.254. The third-order valence-electron chi connectivity index (χ3n) is 3.10. The molecular formula is C15H8IN3O5. The maximum atomic E-state index is 10.9. The minimum absolute atomic E-state index is 0.108. The van der Waals surface area contributed by atoms with Crippen LogP contribution in [0.15, 0.2) is 36.4 Å². The Morgan fingerprint density at radius 1 is 1.12 bits per heavy atom. The highest BCUT2D eigenvalue weighted by molar-refractivity contribution is 14.1. The number of nitro groups is 2. The molecule has 2 aromatic rings. The van der Waals surface area contributed by atoms with E-state index in [4.69, 9.17) is 0 Å². The molecule has 24 heavy (non-hydrogen) atoms. The fraction of sp³-hybridized carbons (Fsp3) is 0. The van der Waals surface area contributed by atoms with Crippen LogP contribution in [-0.4, -0.2) is 15.0 Å². The van der Waals surface area contributed by atoms with E-state index in [1.54, 1.807) is 22.6 Å². The lowest BCUT2D eigenvalue weighted by molar-refractivity contribution is -0.385. The van der Waals surface area contributed by atoms with Crippen LogP contribution in [0.2, 0.25) is 0 Å². The first kappa shape index (κ1) is 17.4. The van der Waals surface area contributed by atoms with Crippen LogP contribution in [0.25, 0.3) is 11.6 Å². The second kappa shape index (κ2) is 7.05. The number of nitro benzene ring substituents is 2. The van der Waals surface area contributed by atoms with Gasteiger partial charge in [0, 0.05) is 29.8 Å². The third kappa shape index (κ3) is 3.66. The second-order valence-electron chi connectivity index (χ2n) is 4.60. The van der Waals surface area contributed by atoms with Gasteiger partial charge in [-0.15, -0.1) is 0 Å². The molecule has 2 rings (SSSR count). The number of rotatable bonds is 4. The molecule has 8 nitrogen and oxygen atoms in total. The molecule has 0 aromatic heterocycles. The summed E-state index contributed by atoms with van der Waals surface area (Å²) in [6, 6.07) is 9.57. The molecule has 0 aliphatic rings. The first-order valence-corrected chi connectivity index (χ1v) is 7.45. The summed E-state index contributed by atoms with van der Waals surface area (Å²) in [5.41, 5.74) is 0.275. The Hall–Kier alpha value is -3.00. The summed E-state index contributed by atoms with van der Waals surface area (Å²) in [4.78, 5) is 20.4. The van der Waals surface area contributed by atoms with Crippen molar-refractivity contribution in [3.63, 3.8) is 0 Å². The number of benzene rings is 2. The number of halogens is 1. The Bertz CT molecular complexity index is 901. The van der Waals surface area contributed by atoms with Crippen LogP contribution in [0.4, 0.5) is 11.4 Å². The van der Waals surface area contributed by atoms with Crippen LogP contribution in [0.5, 0.6) is 5.75 Å². The van der Waals surface area contributed by atoms with E-state index in [0.717, 1.165) is 6.07 Å². The van der Waals surface area contributed by atoms with Gasteiger partial charge in [0.25, 0.3) is 11.4 Å². The van der Waals surface area contributed by atoms with Crippen molar-refractivity contribution >= 4 is 45.6 Å². The number of nitriles is 1. The summed E-state index contributed by atoms with van der Waals surface area (Å²) in [5.74, 6) is -0.184. The van der Waals surface area contributed by atoms with E-state index in [1.807, 2.05) is 6.07 Å². The van der Waals surface area contributed by atoms with E-state index in [-0.39, 0.29) is 31.8 Å². The molecule has 0 fully saturated rings. The van der Waals surface area contributed by atoms with Gasteiger partial charge in [-0.2, -0.15) is 5.26 Å². The molecule has 0 aliphatic carbocycles. The van der Waals surface area contributed by atoms with Crippen molar-refractivity contribution in [2.45, 2.75) is 0 Å². The maximum absolute atomic E-state index is 10.9. The summed E-state index contributed by atoms with van der Waals surface area (Å²) >= 11 is 1.75. The number of aromatic hydroxyl groups is 1.